The van der Waals surface area contributed by atoms with Gasteiger partial charge >= 0.3 is 5.69 Å². The molecule has 7 nitrogen and oxygen atoms in total. The minimum absolute atomic E-state index is 0.0674. The fourth-order valence-corrected chi connectivity index (χ4v) is 4.97. The summed E-state index contributed by atoms with van der Waals surface area (Å²) in [6.45, 7) is 0. The molecule has 1 N–H and O–H groups in total. The average Bonchev–Trinajstić information content (AvgIpc) is 3.36. The van der Waals surface area contributed by atoms with Crippen molar-refractivity contribution in [1.29, 1.82) is 0 Å². The van der Waals surface area contributed by atoms with Gasteiger partial charge in [0.25, 0.3) is 5.56 Å². The molecule has 0 spiro atoms. The molecule has 1 aliphatic heterocycles. The Balaban J connectivity index is 1.65. The van der Waals surface area contributed by atoms with E-state index in [9.17, 15) is 18.4 Å². The van der Waals surface area contributed by atoms with Crippen LogP contribution in [-0.2, 0) is 15.1 Å². The van der Waals surface area contributed by atoms with Crippen molar-refractivity contribution in [2.45, 2.75) is 30.5 Å². The molecule has 3 atom stereocenters. The van der Waals surface area contributed by atoms with Crippen molar-refractivity contribution in [3.05, 3.63) is 147 Å². The maximum Gasteiger partial charge on any atom is 0.330 e. The zero-order valence-corrected chi connectivity index (χ0v) is 21.0. The number of nitrogens with one attached hydrogen (secondary N) is 1. The summed E-state index contributed by atoms with van der Waals surface area (Å²) >= 11 is 0. The molecule has 0 saturated carbocycles. The maximum atomic E-state index is 14.1. The van der Waals surface area contributed by atoms with Crippen molar-refractivity contribution in [3.63, 3.8) is 0 Å². The Morgan fingerprint density at radius 1 is 0.949 bits per heavy atom. The molecular weight excluding hydrogens is 506 g/mol. The molecule has 4 aromatic rings. The van der Waals surface area contributed by atoms with E-state index < -0.39 is 41.1 Å². The summed E-state index contributed by atoms with van der Waals surface area (Å²) in [7, 11) is 1.58. The van der Waals surface area contributed by atoms with Crippen LogP contribution >= 0.6 is 0 Å². The van der Waals surface area contributed by atoms with Gasteiger partial charge in [-0.15, -0.1) is 0 Å². The first-order chi connectivity index (χ1) is 19.0. The van der Waals surface area contributed by atoms with Crippen LogP contribution in [0.2, 0.25) is 0 Å². The van der Waals surface area contributed by atoms with E-state index in [1.807, 2.05) is 89.9 Å². The first-order valence-electron chi connectivity index (χ1n) is 12.3. The highest BCUT2D eigenvalue weighted by atomic mass is 19.1. The molecule has 1 aromatic heterocycles. The van der Waals surface area contributed by atoms with Gasteiger partial charge in [-0.05, 0) is 34.9 Å². The average molecular weight is 533 g/mol. The second kappa shape index (κ2) is 11.2. The summed E-state index contributed by atoms with van der Waals surface area (Å²) in [5.74, 6) is -0.475. The third-order valence-electron chi connectivity index (χ3n) is 6.80. The molecule has 3 unspecified atom stereocenters. The molecule has 1 fully saturated rings. The van der Waals surface area contributed by atoms with Crippen LogP contribution in [0.15, 0.2) is 113 Å². The van der Waals surface area contributed by atoms with Crippen LogP contribution < -0.4 is 16.0 Å². The summed E-state index contributed by atoms with van der Waals surface area (Å²) < 4.78 is 46.9. The standard InChI is InChI=1S/C30H26F2N2O5/c1-37-23-14-12-22(13-15-23)30(20-8-4-2-5-9-20,21-10-6-3-7-11-21)39-26-18-27(38-25(26)16-17-31)34-19-24(32)28(35)33-29(34)36/h2-17,19,25-27H,18H2,1H3,(H,33,35,36)/b17-16-. The molecule has 0 bridgehead atoms. The van der Waals surface area contributed by atoms with Crippen LogP contribution in [0.25, 0.3) is 0 Å². The van der Waals surface area contributed by atoms with Gasteiger partial charge < -0.3 is 14.2 Å². The van der Waals surface area contributed by atoms with E-state index in [-0.39, 0.29) is 6.42 Å². The minimum atomic E-state index is -1.18. The Kier molecular flexibility index (Phi) is 7.53. The maximum absolute atomic E-state index is 14.1. The molecule has 5 rings (SSSR count). The van der Waals surface area contributed by atoms with E-state index >= 15 is 0 Å². The van der Waals surface area contributed by atoms with Gasteiger partial charge in [0.05, 0.1) is 25.7 Å². The second-order valence-electron chi connectivity index (χ2n) is 9.05. The molecule has 0 radical (unpaired) electrons. The van der Waals surface area contributed by atoms with Crippen molar-refractivity contribution in [2.75, 3.05) is 7.11 Å². The predicted octanol–water partition coefficient (Wildman–Crippen LogP) is 4.83. The third-order valence-corrected chi connectivity index (χ3v) is 6.80. The summed E-state index contributed by atoms with van der Waals surface area (Å²) in [5, 5.41) is 0. The molecular formula is C30H26F2N2O5. The predicted molar refractivity (Wildman–Crippen MR) is 141 cm³/mol. The summed E-state index contributed by atoms with van der Waals surface area (Å²) in [6, 6.07) is 26.6. The normalized spacial score (nSPS) is 19.4. The van der Waals surface area contributed by atoms with Gasteiger partial charge in [0.2, 0.25) is 5.82 Å². The second-order valence-corrected chi connectivity index (χ2v) is 9.05. The Hall–Kier alpha value is -4.34. The Morgan fingerprint density at radius 3 is 2.10 bits per heavy atom. The zero-order chi connectivity index (χ0) is 27.4. The Morgan fingerprint density at radius 2 is 1.54 bits per heavy atom. The largest absolute Gasteiger partial charge is 0.497 e. The van der Waals surface area contributed by atoms with Gasteiger partial charge in [-0.25, -0.2) is 9.18 Å². The molecule has 1 saturated heterocycles. The fourth-order valence-electron chi connectivity index (χ4n) is 4.97. The Bertz CT molecular complexity index is 1510. The number of H-pyrrole nitrogens is 1. The number of hydrogen-bond donors (Lipinski definition) is 1. The van der Waals surface area contributed by atoms with E-state index in [0.29, 0.717) is 12.1 Å². The van der Waals surface area contributed by atoms with Gasteiger partial charge in [-0.3, -0.25) is 14.3 Å². The molecule has 0 aliphatic carbocycles. The summed E-state index contributed by atoms with van der Waals surface area (Å²) in [5.41, 5.74) is -0.766. The molecule has 2 heterocycles. The Labute approximate surface area is 222 Å². The van der Waals surface area contributed by atoms with Crippen LogP contribution in [0.1, 0.15) is 29.3 Å². The van der Waals surface area contributed by atoms with Crippen LogP contribution in [-0.4, -0.2) is 28.9 Å². The highest BCUT2D eigenvalue weighted by Gasteiger charge is 2.45. The van der Waals surface area contributed by atoms with E-state index in [0.717, 1.165) is 27.5 Å². The monoisotopic (exact) mass is 532 g/mol. The fraction of sp³-hybridized carbons (Fsp3) is 0.200. The van der Waals surface area contributed by atoms with Crippen LogP contribution in [0.4, 0.5) is 8.78 Å². The highest BCUT2D eigenvalue weighted by Crippen LogP contribution is 2.45. The van der Waals surface area contributed by atoms with Crippen molar-refractivity contribution >= 4 is 0 Å². The lowest BCUT2D eigenvalue weighted by Gasteiger charge is -2.39. The smallest absolute Gasteiger partial charge is 0.330 e. The van der Waals surface area contributed by atoms with Gasteiger partial charge in [0.15, 0.2) is 0 Å². The number of aromatic nitrogens is 2. The lowest BCUT2D eigenvalue weighted by atomic mass is 9.79. The van der Waals surface area contributed by atoms with Gasteiger partial charge in [0, 0.05) is 6.42 Å². The number of methoxy groups -OCH3 is 1. The quantitative estimate of drug-likeness (QED) is 0.329. The first-order valence-corrected chi connectivity index (χ1v) is 12.3. The highest BCUT2D eigenvalue weighted by molar-refractivity contribution is 5.48. The first kappa shape index (κ1) is 26.3. The van der Waals surface area contributed by atoms with Crippen LogP contribution in [0.3, 0.4) is 0 Å². The summed E-state index contributed by atoms with van der Waals surface area (Å²) in [4.78, 5) is 26.0. The van der Waals surface area contributed by atoms with Gasteiger partial charge in [0.1, 0.15) is 23.7 Å². The van der Waals surface area contributed by atoms with Crippen molar-refractivity contribution in [2.24, 2.45) is 0 Å². The zero-order valence-electron chi connectivity index (χ0n) is 21.0. The van der Waals surface area contributed by atoms with E-state index in [2.05, 4.69) is 0 Å². The van der Waals surface area contributed by atoms with E-state index in [1.54, 1.807) is 7.11 Å². The van der Waals surface area contributed by atoms with Crippen molar-refractivity contribution in [3.8, 4) is 5.75 Å². The minimum Gasteiger partial charge on any atom is -0.497 e. The van der Waals surface area contributed by atoms with Crippen LogP contribution in [0.5, 0.6) is 5.75 Å². The number of halogens is 2. The number of benzene rings is 3. The third kappa shape index (κ3) is 5.06. The number of nitrogens with zero attached hydrogens (tertiary/aromatic N) is 1. The SMILES string of the molecule is COc1ccc(C(OC2CC(n3cc(F)c(=O)[nH]c3=O)OC2/C=C\F)(c2ccccc2)c2ccccc2)cc1. The molecule has 1 aliphatic rings. The molecule has 200 valence electrons. The molecule has 39 heavy (non-hydrogen) atoms. The molecule has 3 aromatic carbocycles. The number of rotatable bonds is 8. The van der Waals surface area contributed by atoms with E-state index in [4.69, 9.17) is 14.2 Å². The van der Waals surface area contributed by atoms with Crippen molar-refractivity contribution in [1.82, 2.24) is 9.55 Å². The number of ether oxygens (including phenoxy) is 3. The van der Waals surface area contributed by atoms with Crippen molar-refractivity contribution < 1.29 is 23.0 Å². The molecule has 9 heteroatoms. The molecule has 0 amide bonds. The lowest BCUT2D eigenvalue weighted by Crippen LogP contribution is -2.39. The van der Waals surface area contributed by atoms with Crippen LogP contribution in [0, 0.1) is 5.82 Å². The van der Waals surface area contributed by atoms with Gasteiger partial charge in [-0.1, -0.05) is 72.8 Å². The number of aromatic amines is 1. The lowest BCUT2D eigenvalue weighted by molar-refractivity contribution is -0.0709. The van der Waals surface area contributed by atoms with E-state index in [1.165, 1.54) is 6.08 Å². The topological polar surface area (TPSA) is 82.5 Å². The van der Waals surface area contributed by atoms with Gasteiger partial charge in [-0.2, -0.15) is 4.39 Å². The summed E-state index contributed by atoms with van der Waals surface area (Å²) in [6.07, 6.45) is -0.340. The number of hydrogen-bond acceptors (Lipinski definition) is 5.